The number of nitrogens with one attached hydrogen (secondary N) is 1. The van der Waals surface area contributed by atoms with E-state index in [4.69, 9.17) is 28.9 Å². The summed E-state index contributed by atoms with van der Waals surface area (Å²) in [5, 5.41) is 0.587. The summed E-state index contributed by atoms with van der Waals surface area (Å²) in [6, 6.07) is -0.787. The lowest BCUT2D eigenvalue weighted by atomic mass is 9.97. The van der Waals surface area contributed by atoms with E-state index < -0.39 is 57.6 Å². The third-order valence-corrected chi connectivity index (χ3v) is 5.03. The maximum Gasteiger partial charge on any atom is 0.434 e. The first-order chi connectivity index (χ1) is 13.9. The number of nitrogens with zero attached hydrogens (tertiary/aromatic N) is 2. The van der Waals surface area contributed by atoms with Crippen molar-refractivity contribution in [2.24, 2.45) is 5.73 Å². The Kier molecular flexibility index (Phi) is 5.79. The monoisotopic (exact) mass is 468 g/mol. The Balaban J connectivity index is 2.17. The van der Waals surface area contributed by atoms with Gasteiger partial charge in [-0.1, -0.05) is 29.3 Å². The quantitative estimate of drug-likeness (QED) is 0.530. The van der Waals surface area contributed by atoms with E-state index in [1.54, 1.807) is 0 Å². The van der Waals surface area contributed by atoms with Crippen LogP contribution in [0.5, 0.6) is 0 Å². The Bertz CT molecular complexity index is 1030. The number of hydrogen-bond acceptors (Lipinski definition) is 3. The second-order valence-corrected chi connectivity index (χ2v) is 7.11. The van der Waals surface area contributed by atoms with Crippen LogP contribution in [0.25, 0.3) is 0 Å². The van der Waals surface area contributed by atoms with Crippen LogP contribution < -0.4 is 11.1 Å². The van der Waals surface area contributed by atoms with Gasteiger partial charge in [0.25, 0.3) is 0 Å². The molecule has 1 aliphatic heterocycles. The van der Waals surface area contributed by atoms with Crippen molar-refractivity contribution in [2.45, 2.75) is 18.3 Å². The topological polar surface area (TPSA) is 88.3 Å². The van der Waals surface area contributed by atoms with Crippen LogP contribution in [0.15, 0.2) is 24.4 Å². The van der Waals surface area contributed by atoms with Crippen molar-refractivity contribution >= 4 is 35.1 Å². The fraction of sp³-hybridized carbons (Fsp3) is 0.235. The molecule has 1 unspecified atom stereocenters. The second kappa shape index (κ2) is 7.88. The molecule has 1 aromatic heterocycles. The molecule has 2 aromatic rings. The molecule has 0 radical (unpaired) electrons. The summed E-state index contributed by atoms with van der Waals surface area (Å²) in [5.41, 5.74) is 3.32. The number of halogens is 7. The summed E-state index contributed by atoms with van der Waals surface area (Å²) in [6.45, 7) is -0.341. The van der Waals surface area contributed by atoms with Crippen molar-refractivity contribution in [3.63, 3.8) is 0 Å². The van der Waals surface area contributed by atoms with Crippen LogP contribution in [0.4, 0.5) is 26.7 Å². The van der Waals surface area contributed by atoms with Gasteiger partial charge in [-0.15, -0.1) is 0 Å². The highest BCUT2D eigenvalue weighted by atomic mass is 35.5. The largest absolute Gasteiger partial charge is 0.434 e. The number of urea groups is 1. The predicted molar refractivity (Wildman–Crippen MR) is 95.7 cm³/mol. The van der Waals surface area contributed by atoms with Gasteiger partial charge in [-0.05, 0) is 17.7 Å². The van der Waals surface area contributed by atoms with E-state index in [0.29, 0.717) is 0 Å². The van der Waals surface area contributed by atoms with Gasteiger partial charge in [-0.25, -0.2) is 18.6 Å². The number of rotatable bonds is 4. The molecule has 3 amide bonds. The molecule has 0 spiro atoms. The second-order valence-electron chi connectivity index (χ2n) is 6.32. The molecular weight excluding hydrogens is 458 g/mol. The molecule has 2 atom stereocenters. The molecule has 30 heavy (non-hydrogen) atoms. The standard InChI is InChI=1S/C17H11Cl2F5N4O2/c18-8-3-6(4-26-14(8)17(22,23)24)13(7-1-2-9(20)11(19)12(7)21)28-5-10(15(25)29)27-16(28)30/h1-4,10,13H,5H2,(H2,25,29)(H,27,30)/t10?,13-/m0/s1. The average molecular weight is 469 g/mol. The summed E-state index contributed by atoms with van der Waals surface area (Å²) in [4.78, 5) is 28.0. The van der Waals surface area contributed by atoms with E-state index in [2.05, 4.69) is 10.3 Å². The van der Waals surface area contributed by atoms with E-state index in [1.165, 1.54) is 0 Å². The van der Waals surface area contributed by atoms with Crippen molar-refractivity contribution in [3.8, 4) is 0 Å². The lowest BCUT2D eigenvalue weighted by Crippen LogP contribution is -2.39. The molecule has 1 fully saturated rings. The van der Waals surface area contributed by atoms with Crippen molar-refractivity contribution in [1.82, 2.24) is 15.2 Å². The van der Waals surface area contributed by atoms with E-state index in [0.717, 1.165) is 29.3 Å². The Morgan fingerprint density at radius 3 is 2.50 bits per heavy atom. The number of nitrogens with two attached hydrogens (primary N) is 1. The molecule has 2 heterocycles. The number of aromatic nitrogens is 1. The van der Waals surface area contributed by atoms with Gasteiger partial charge in [0, 0.05) is 11.8 Å². The number of carbonyl (C=O) groups is 2. The van der Waals surface area contributed by atoms with Gasteiger partial charge in [0.1, 0.15) is 22.7 Å². The summed E-state index contributed by atoms with van der Waals surface area (Å²) >= 11 is 11.3. The molecule has 160 valence electrons. The predicted octanol–water partition coefficient (Wildman–Crippen LogP) is 3.65. The molecule has 3 N–H and O–H groups in total. The number of alkyl halides is 3. The maximum atomic E-state index is 14.7. The lowest BCUT2D eigenvalue weighted by molar-refractivity contribution is -0.141. The number of amides is 3. The summed E-state index contributed by atoms with van der Waals surface area (Å²) in [7, 11) is 0. The van der Waals surface area contributed by atoms with E-state index in [9.17, 15) is 31.5 Å². The Labute approximate surface area is 175 Å². The van der Waals surface area contributed by atoms with Gasteiger partial charge < -0.3 is 16.0 Å². The van der Waals surface area contributed by atoms with E-state index >= 15 is 0 Å². The van der Waals surface area contributed by atoms with Gasteiger partial charge in [-0.3, -0.25) is 4.79 Å². The van der Waals surface area contributed by atoms with Crippen LogP contribution in [0.2, 0.25) is 10.0 Å². The lowest BCUT2D eigenvalue weighted by Gasteiger charge is -2.28. The minimum atomic E-state index is -4.85. The Hall–Kier alpha value is -2.66. The summed E-state index contributed by atoms with van der Waals surface area (Å²) < 4.78 is 67.3. The highest BCUT2D eigenvalue weighted by Crippen LogP contribution is 2.39. The normalized spacial score (nSPS) is 17.8. The minimum Gasteiger partial charge on any atom is -0.368 e. The molecule has 3 rings (SSSR count). The summed E-state index contributed by atoms with van der Waals surface area (Å²) in [5.74, 6) is -3.21. The zero-order valence-electron chi connectivity index (χ0n) is 14.6. The maximum absolute atomic E-state index is 14.7. The van der Waals surface area contributed by atoms with Gasteiger partial charge in [-0.2, -0.15) is 13.2 Å². The molecule has 0 saturated carbocycles. The number of primary amides is 1. The Morgan fingerprint density at radius 2 is 1.97 bits per heavy atom. The van der Waals surface area contributed by atoms with Crippen LogP contribution >= 0.6 is 23.2 Å². The highest BCUT2D eigenvalue weighted by Gasteiger charge is 2.41. The first-order valence-corrected chi connectivity index (χ1v) is 8.90. The highest BCUT2D eigenvalue weighted by molar-refractivity contribution is 6.31. The molecule has 13 heteroatoms. The van der Waals surface area contributed by atoms with E-state index in [-0.39, 0.29) is 17.7 Å². The van der Waals surface area contributed by atoms with Crippen LogP contribution in [-0.2, 0) is 11.0 Å². The van der Waals surface area contributed by atoms with Crippen molar-refractivity contribution in [2.75, 3.05) is 6.54 Å². The first kappa shape index (κ1) is 22.0. The molecule has 0 bridgehead atoms. The fourth-order valence-corrected chi connectivity index (χ4v) is 3.49. The third kappa shape index (κ3) is 3.99. The Morgan fingerprint density at radius 1 is 1.30 bits per heavy atom. The smallest absolute Gasteiger partial charge is 0.368 e. The van der Waals surface area contributed by atoms with Crippen LogP contribution in [-0.4, -0.2) is 34.4 Å². The van der Waals surface area contributed by atoms with Gasteiger partial charge >= 0.3 is 12.2 Å². The van der Waals surface area contributed by atoms with Crippen LogP contribution in [0.3, 0.4) is 0 Å². The van der Waals surface area contributed by atoms with Gasteiger partial charge in [0.05, 0.1) is 17.6 Å². The van der Waals surface area contributed by atoms with Gasteiger partial charge in [0.15, 0.2) is 5.69 Å². The van der Waals surface area contributed by atoms with Crippen molar-refractivity contribution < 1.29 is 31.5 Å². The molecule has 0 aliphatic carbocycles. The van der Waals surface area contributed by atoms with Crippen molar-refractivity contribution in [1.29, 1.82) is 0 Å². The minimum absolute atomic E-state index is 0.130. The SMILES string of the molecule is NC(=O)C1CN([C@@H](c2cnc(C(F)(F)F)c(Cl)c2)c2ccc(F)c(Cl)c2F)C(=O)N1. The van der Waals surface area contributed by atoms with Crippen molar-refractivity contribution in [3.05, 3.63) is 62.9 Å². The zero-order chi connectivity index (χ0) is 22.4. The molecule has 6 nitrogen and oxygen atoms in total. The third-order valence-electron chi connectivity index (χ3n) is 4.40. The van der Waals surface area contributed by atoms with Crippen LogP contribution in [0, 0.1) is 11.6 Å². The van der Waals surface area contributed by atoms with Crippen LogP contribution in [0.1, 0.15) is 22.9 Å². The molecule has 1 aromatic carbocycles. The first-order valence-electron chi connectivity index (χ1n) is 8.14. The number of benzene rings is 1. The molecule has 1 saturated heterocycles. The molecular formula is C17H11Cl2F5N4O2. The summed E-state index contributed by atoms with van der Waals surface area (Å²) in [6.07, 6.45) is -4.10. The average Bonchev–Trinajstić information content (AvgIpc) is 3.03. The van der Waals surface area contributed by atoms with Gasteiger partial charge in [0.2, 0.25) is 5.91 Å². The number of pyridine rings is 1. The molecule has 1 aliphatic rings. The number of carbonyl (C=O) groups excluding carboxylic acids is 2. The number of hydrogen-bond donors (Lipinski definition) is 2. The zero-order valence-corrected chi connectivity index (χ0v) is 16.1. The fourth-order valence-electron chi connectivity index (χ4n) is 3.03. The van der Waals surface area contributed by atoms with E-state index in [1.807, 2.05) is 0 Å².